The molecule has 3 heteroatoms. The molecule has 0 spiro atoms. The monoisotopic (exact) mass is 327 g/mol. The first-order valence-electron chi connectivity index (χ1n) is 7.28. The molecule has 0 saturated heterocycles. The summed E-state index contributed by atoms with van der Waals surface area (Å²) in [6.07, 6.45) is 6.40. The predicted octanol–water partition coefficient (Wildman–Crippen LogP) is 5.07. The van der Waals surface area contributed by atoms with Gasteiger partial charge in [-0.25, -0.2) is 4.39 Å². The van der Waals surface area contributed by atoms with Crippen LogP contribution in [0.3, 0.4) is 0 Å². The van der Waals surface area contributed by atoms with E-state index >= 15 is 0 Å². The molecule has 1 aliphatic rings. The van der Waals surface area contributed by atoms with Crippen LogP contribution in [0.5, 0.6) is 0 Å². The third-order valence-corrected chi connectivity index (χ3v) is 5.27. The molecule has 1 atom stereocenters. The summed E-state index contributed by atoms with van der Waals surface area (Å²) >= 11 is 3.56. The molecular weight excluding hydrogens is 305 g/mol. The molecule has 0 heterocycles. The van der Waals surface area contributed by atoms with Gasteiger partial charge in [0, 0.05) is 10.5 Å². The van der Waals surface area contributed by atoms with Gasteiger partial charge in [-0.15, -0.1) is 0 Å². The van der Waals surface area contributed by atoms with Crippen molar-refractivity contribution in [2.24, 2.45) is 11.8 Å². The molecule has 0 aromatic heterocycles. The zero-order valence-electron chi connectivity index (χ0n) is 11.8. The maximum Gasteiger partial charge on any atom is 0.123 e. The van der Waals surface area contributed by atoms with Crippen LogP contribution in [-0.4, -0.2) is 7.05 Å². The molecule has 0 aliphatic heterocycles. The number of hydrogen-bond donors (Lipinski definition) is 1. The Morgan fingerprint density at radius 3 is 2.58 bits per heavy atom. The number of halogens is 2. The third-order valence-electron chi connectivity index (χ3n) is 4.54. The SMILES string of the molecule is CCC1CCC(C(NC)c2cc(F)ccc2Br)CC1. The van der Waals surface area contributed by atoms with E-state index in [1.165, 1.54) is 38.2 Å². The lowest BCUT2D eigenvalue weighted by molar-refractivity contribution is 0.223. The first-order valence-corrected chi connectivity index (χ1v) is 8.07. The molecule has 0 amide bonds. The van der Waals surface area contributed by atoms with Gasteiger partial charge in [-0.05, 0) is 55.5 Å². The molecule has 106 valence electrons. The molecule has 0 radical (unpaired) electrons. The Labute approximate surface area is 124 Å². The summed E-state index contributed by atoms with van der Waals surface area (Å²) in [6, 6.07) is 5.24. The number of rotatable bonds is 4. The molecule has 2 rings (SSSR count). The van der Waals surface area contributed by atoms with Crippen LogP contribution in [-0.2, 0) is 0 Å². The van der Waals surface area contributed by atoms with Gasteiger partial charge in [-0.2, -0.15) is 0 Å². The second-order valence-electron chi connectivity index (χ2n) is 5.62. The van der Waals surface area contributed by atoms with Crippen LogP contribution in [0.2, 0.25) is 0 Å². The lowest BCUT2D eigenvalue weighted by Crippen LogP contribution is -2.29. The molecule has 1 unspecified atom stereocenters. The van der Waals surface area contributed by atoms with Crippen LogP contribution in [0.1, 0.15) is 50.6 Å². The summed E-state index contributed by atoms with van der Waals surface area (Å²) in [6.45, 7) is 2.28. The fourth-order valence-electron chi connectivity index (χ4n) is 3.33. The highest BCUT2D eigenvalue weighted by Gasteiger charge is 2.28. The van der Waals surface area contributed by atoms with E-state index in [0.29, 0.717) is 5.92 Å². The van der Waals surface area contributed by atoms with E-state index in [4.69, 9.17) is 0 Å². The summed E-state index contributed by atoms with van der Waals surface area (Å²) < 4.78 is 14.5. The quantitative estimate of drug-likeness (QED) is 0.814. The highest BCUT2D eigenvalue weighted by atomic mass is 79.9. The van der Waals surface area contributed by atoms with E-state index in [1.54, 1.807) is 6.07 Å². The summed E-state index contributed by atoms with van der Waals surface area (Å²) in [5, 5.41) is 3.39. The normalized spacial score (nSPS) is 25.3. The minimum absolute atomic E-state index is 0.152. The second kappa shape index (κ2) is 6.85. The van der Waals surface area contributed by atoms with Gasteiger partial charge in [0.05, 0.1) is 0 Å². The van der Waals surface area contributed by atoms with Gasteiger partial charge in [0.1, 0.15) is 5.82 Å². The van der Waals surface area contributed by atoms with E-state index in [2.05, 4.69) is 28.2 Å². The molecule has 1 nitrogen and oxygen atoms in total. The van der Waals surface area contributed by atoms with Crippen molar-refractivity contribution in [2.45, 2.75) is 45.1 Å². The molecule has 1 aromatic rings. The van der Waals surface area contributed by atoms with Gasteiger partial charge in [-0.3, -0.25) is 0 Å². The summed E-state index contributed by atoms with van der Waals surface area (Å²) in [4.78, 5) is 0. The highest BCUT2D eigenvalue weighted by Crippen LogP contribution is 2.39. The van der Waals surface area contributed by atoms with Crippen molar-refractivity contribution in [3.05, 3.63) is 34.1 Å². The molecule has 0 bridgehead atoms. The average Bonchev–Trinajstić information content (AvgIpc) is 2.44. The van der Waals surface area contributed by atoms with Gasteiger partial charge in [-0.1, -0.05) is 42.1 Å². The Bertz CT molecular complexity index is 413. The van der Waals surface area contributed by atoms with Crippen molar-refractivity contribution in [3.8, 4) is 0 Å². The number of nitrogens with one attached hydrogen (secondary N) is 1. The van der Waals surface area contributed by atoms with Crippen molar-refractivity contribution in [3.63, 3.8) is 0 Å². The minimum atomic E-state index is -0.152. The van der Waals surface area contributed by atoms with Crippen LogP contribution in [0, 0.1) is 17.7 Å². The lowest BCUT2D eigenvalue weighted by atomic mass is 9.76. The number of benzene rings is 1. The molecule has 1 aliphatic carbocycles. The first kappa shape index (κ1) is 15.0. The van der Waals surface area contributed by atoms with Crippen LogP contribution in [0.15, 0.2) is 22.7 Å². The zero-order valence-corrected chi connectivity index (χ0v) is 13.3. The fourth-order valence-corrected chi connectivity index (χ4v) is 3.82. The van der Waals surface area contributed by atoms with Crippen molar-refractivity contribution in [1.29, 1.82) is 0 Å². The van der Waals surface area contributed by atoms with Gasteiger partial charge >= 0.3 is 0 Å². The van der Waals surface area contributed by atoms with Crippen LogP contribution in [0.25, 0.3) is 0 Å². The maximum absolute atomic E-state index is 13.5. The number of hydrogen-bond acceptors (Lipinski definition) is 1. The van der Waals surface area contributed by atoms with Crippen LogP contribution >= 0.6 is 15.9 Å². The molecule has 19 heavy (non-hydrogen) atoms. The van der Waals surface area contributed by atoms with Crippen LogP contribution < -0.4 is 5.32 Å². The predicted molar refractivity (Wildman–Crippen MR) is 81.6 cm³/mol. The largest absolute Gasteiger partial charge is 0.313 e. The summed E-state index contributed by atoms with van der Waals surface area (Å²) in [5.41, 5.74) is 1.06. The third kappa shape index (κ3) is 3.57. The van der Waals surface area contributed by atoms with E-state index < -0.39 is 0 Å². The second-order valence-corrected chi connectivity index (χ2v) is 6.48. The van der Waals surface area contributed by atoms with Gasteiger partial charge in [0.25, 0.3) is 0 Å². The van der Waals surface area contributed by atoms with Crippen molar-refractivity contribution >= 4 is 15.9 Å². The Morgan fingerprint density at radius 2 is 2.00 bits per heavy atom. The lowest BCUT2D eigenvalue weighted by Gasteiger charge is -2.34. The van der Waals surface area contributed by atoms with E-state index in [0.717, 1.165) is 16.0 Å². The summed E-state index contributed by atoms with van der Waals surface area (Å²) in [5.74, 6) is 1.36. The average molecular weight is 328 g/mol. The molecule has 1 saturated carbocycles. The fraction of sp³-hybridized carbons (Fsp3) is 0.625. The maximum atomic E-state index is 13.5. The van der Waals surface area contributed by atoms with Crippen molar-refractivity contribution < 1.29 is 4.39 Å². The molecule has 1 aromatic carbocycles. The summed E-state index contributed by atoms with van der Waals surface area (Å²) in [7, 11) is 1.98. The van der Waals surface area contributed by atoms with Gasteiger partial charge in [0.15, 0.2) is 0 Å². The zero-order chi connectivity index (χ0) is 13.8. The van der Waals surface area contributed by atoms with E-state index in [1.807, 2.05) is 13.1 Å². The molecule has 1 N–H and O–H groups in total. The Kier molecular flexibility index (Phi) is 5.40. The smallest absolute Gasteiger partial charge is 0.123 e. The van der Waals surface area contributed by atoms with Crippen molar-refractivity contribution in [1.82, 2.24) is 5.32 Å². The first-order chi connectivity index (χ1) is 9.15. The van der Waals surface area contributed by atoms with Gasteiger partial charge in [0.2, 0.25) is 0 Å². The van der Waals surface area contributed by atoms with E-state index in [9.17, 15) is 4.39 Å². The Balaban J connectivity index is 2.14. The highest BCUT2D eigenvalue weighted by molar-refractivity contribution is 9.10. The Morgan fingerprint density at radius 1 is 1.32 bits per heavy atom. The molecule has 1 fully saturated rings. The van der Waals surface area contributed by atoms with E-state index in [-0.39, 0.29) is 11.9 Å². The molecular formula is C16H23BrFN. The minimum Gasteiger partial charge on any atom is -0.313 e. The Hall–Kier alpha value is -0.410. The standard InChI is InChI=1S/C16H23BrFN/c1-3-11-4-6-12(7-5-11)16(19-2)14-10-13(18)8-9-15(14)17/h8-12,16,19H,3-7H2,1-2H3. The van der Waals surface area contributed by atoms with Crippen molar-refractivity contribution in [2.75, 3.05) is 7.05 Å². The van der Waals surface area contributed by atoms with Gasteiger partial charge < -0.3 is 5.32 Å². The van der Waals surface area contributed by atoms with Crippen LogP contribution in [0.4, 0.5) is 4.39 Å². The topological polar surface area (TPSA) is 12.0 Å².